The van der Waals surface area contributed by atoms with E-state index in [2.05, 4.69) is 9.88 Å². The first-order valence-electron chi connectivity index (χ1n) is 8.49. The number of halogens is 1. The van der Waals surface area contributed by atoms with Crippen molar-refractivity contribution in [1.29, 1.82) is 0 Å². The quantitative estimate of drug-likeness (QED) is 0.896. The zero-order valence-electron chi connectivity index (χ0n) is 13.4. The van der Waals surface area contributed by atoms with Gasteiger partial charge in [0.05, 0.1) is 6.10 Å². The van der Waals surface area contributed by atoms with E-state index in [4.69, 9.17) is 11.6 Å². The fourth-order valence-corrected chi connectivity index (χ4v) is 4.17. The lowest BCUT2D eigenvalue weighted by Gasteiger charge is -2.39. The van der Waals surface area contributed by atoms with Crippen molar-refractivity contribution >= 4 is 23.2 Å². The van der Waals surface area contributed by atoms with Gasteiger partial charge in [-0.2, -0.15) is 0 Å². The van der Waals surface area contributed by atoms with Gasteiger partial charge in [-0.25, -0.2) is 4.98 Å². The largest absolute Gasteiger partial charge is 0.391 e. The highest BCUT2D eigenvalue weighted by Gasteiger charge is 2.34. The van der Waals surface area contributed by atoms with Crippen LogP contribution < -0.4 is 0 Å². The monoisotopic (exact) mass is 348 g/mol. The van der Waals surface area contributed by atoms with Crippen molar-refractivity contribution in [2.45, 2.75) is 31.4 Å². The fourth-order valence-electron chi connectivity index (χ4n) is 3.91. The van der Waals surface area contributed by atoms with Crippen LogP contribution in [0.5, 0.6) is 0 Å². The Kier molecular flexibility index (Phi) is 4.20. The zero-order valence-corrected chi connectivity index (χ0v) is 14.2. The van der Waals surface area contributed by atoms with Gasteiger partial charge < -0.3 is 10.0 Å². The first-order chi connectivity index (χ1) is 11.6. The summed E-state index contributed by atoms with van der Waals surface area (Å²) in [4.78, 5) is 21.3. The molecule has 128 valence electrons. The molecule has 0 bridgehead atoms. The Hall–Kier alpha value is -1.63. The molecule has 2 aromatic rings. The van der Waals surface area contributed by atoms with Crippen LogP contribution in [0.1, 0.15) is 29.8 Å². The Balaban J connectivity index is 1.49. The maximum atomic E-state index is 12.9. The van der Waals surface area contributed by atoms with Crippen molar-refractivity contribution in [3.63, 3.8) is 0 Å². The van der Waals surface area contributed by atoms with Gasteiger partial charge in [-0.3, -0.25) is 14.1 Å². The molecule has 1 aliphatic heterocycles. The van der Waals surface area contributed by atoms with Gasteiger partial charge in [-0.1, -0.05) is 17.7 Å². The maximum Gasteiger partial charge on any atom is 0.274 e. The number of rotatable bonds is 2. The maximum absolute atomic E-state index is 12.9. The third-order valence-electron chi connectivity index (χ3n) is 5.20. The first kappa shape index (κ1) is 15.9. The number of aromatic nitrogens is 2. The number of fused-ring (bicyclic) bond motifs is 1. The number of pyridine rings is 1. The molecule has 7 heteroatoms. The van der Waals surface area contributed by atoms with Crippen LogP contribution in [0.4, 0.5) is 0 Å². The van der Waals surface area contributed by atoms with Crippen LogP contribution in [-0.2, 0) is 0 Å². The molecule has 1 saturated carbocycles. The molecule has 1 amide bonds. The highest BCUT2D eigenvalue weighted by Crippen LogP contribution is 2.26. The minimum absolute atomic E-state index is 0.0784. The smallest absolute Gasteiger partial charge is 0.274 e. The number of amides is 1. The van der Waals surface area contributed by atoms with Crippen LogP contribution in [0, 0.1) is 0 Å². The van der Waals surface area contributed by atoms with E-state index in [1.807, 2.05) is 29.3 Å². The molecular formula is C17H21ClN4O2. The Morgan fingerprint density at radius 2 is 2.00 bits per heavy atom. The number of nitrogens with zero attached hydrogens (tertiary/aromatic N) is 4. The SMILES string of the molecule is O=C(c1c(Cl)nc2ccccn12)N1CCN([C@H]2CCC[C@@H]2O)CC1. The van der Waals surface area contributed by atoms with Gasteiger partial charge in [0.2, 0.25) is 0 Å². The Labute approximate surface area is 145 Å². The van der Waals surface area contributed by atoms with Crippen LogP contribution in [0.2, 0.25) is 5.15 Å². The summed E-state index contributed by atoms with van der Waals surface area (Å²) < 4.78 is 1.75. The lowest BCUT2D eigenvalue weighted by molar-refractivity contribution is 0.0312. The number of hydrogen-bond donors (Lipinski definition) is 1. The average molecular weight is 349 g/mol. The molecule has 0 radical (unpaired) electrons. The zero-order chi connectivity index (χ0) is 16.7. The standard InChI is InChI=1S/C17H21ClN4O2/c18-16-15(22-7-2-1-6-14(22)19-16)17(24)21-10-8-20(9-11-21)12-4-3-5-13(12)23/h1-2,6-7,12-13,23H,3-5,8-11H2/t12-,13-/m0/s1. The van der Waals surface area contributed by atoms with Crippen molar-refractivity contribution < 1.29 is 9.90 Å². The highest BCUT2D eigenvalue weighted by molar-refractivity contribution is 6.32. The molecule has 2 atom stereocenters. The van der Waals surface area contributed by atoms with Gasteiger partial charge >= 0.3 is 0 Å². The average Bonchev–Trinajstić information content (AvgIpc) is 3.16. The molecule has 0 aromatic carbocycles. The molecule has 1 N–H and O–H groups in total. The highest BCUT2D eigenvalue weighted by atomic mass is 35.5. The first-order valence-corrected chi connectivity index (χ1v) is 8.87. The molecule has 2 aromatic heterocycles. The minimum atomic E-state index is -0.222. The number of carbonyl (C=O) groups is 1. The van der Waals surface area contributed by atoms with E-state index >= 15 is 0 Å². The van der Waals surface area contributed by atoms with Gasteiger partial charge in [0.1, 0.15) is 5.65 Å². The summed E-state index contributed by atoms with van der Waals surface area (Å²) in [6.07, 6.45) is 4.62. The summed E-state index contributed by atoms with van der Waals surface area (Å²) in [6.45, 7) is 2.89. The van der Waals surface area contributed by atoms with Gasteiger partial charge in [-0.15, -0.1) is 0 Å². The molecule has 4 rings (SSSR count). The Morgan fingerprint density at radius 3 is 2.71 bits per heavy atom. The van der Waals surface area contributed by atoms with E-state index in [1.165, 1.54) is 0 Å². The van der Waals surface area contributed by atoms with Crippen LogP contribution in [0.25, 0.3) is 5.65 Å². The summed E-state index contributed by atoms with van der Waals surface area (Å²) in [5, 5.41) is 10.3. The molecule has 1 saturated heterocycles. The molecule has 2 aliphatic rings. The third-order valence-corrected chi connectivity index (χ3v) is 5.47. The third kappa shape index (κ3) is 2.68. The number of carbonyl (C=O) groups excluding carboxylic acids is 1. The molecule has 2 fully saturated rings. The molecule has 6 nitrogen and oxygen atoms in total. The topological polar surface area (TPSA) is 61.1 Å². The molecular weight excluding hydrogens is 328 g/mol. The lowest BCUT2D eigenvalue weighted by Crippen LogP contribution is -2.53. The van der Waals surface area contributed by atoms with Crippen LogP contribution in [0.15, 0.2) is 24.4 Å². The predicted molar refractivity (Wildman–Crippen MR) is 91.3 cm³/mol. The summed E-state index contributed by atoms with van der Waals surface area (Å²) >= 11 is 6.21. The lowest BCUT2D eigenvalue weighted by atomic mass is 10.1. The van der Waals surface area contributed by atoms with Crippen molar-refractivity contribution in [2.75, 3.05) is 26.2 Å². The summed E-state index contributed by atoms with van der Waals surface area (Å²) in [5.74, 6) is -0.0784. The van der Waals surface area contributed by atoms with Crippen LogP contribution in [0.3, 0.4) is 0 Å². The second-order valence-corrected chi connectivity index (χ2v) is 6.93. The summed E-state index contributed by atoms with van der Waals surface area (Å²) in [5.41, 5.74) is 1.11. The van der Waals surface area contributed by atoms with Crippen LogP contribution >= 0.6 is 11.6 Å². The minimum Gasteiger partial charge on any atom is -0.391 e. The summed E-state index contributed by atoms with van der Waals surface area (Å²) in [7, 11) is 0. The second-order valence-electron chi connectivity index (χ2n) is 6.57. The van der Waals surface area contributed by atoms with E-state index in [9.17, 15) is 9.90 Å². The van der Waals surface area contributed by atoms with Gasteiger partial charge in [0, 0.05) is 38.4 Å². The van der Waals surface area contributed by atoms with Crippen molar-refractivity contribution in [1.82, 2.24) is 19.2 Å². The molecule has 0 spiro atoms. The Bertz CT molecular complexity index is 754. The fraction of sp³-hybridized carbons (Fsp3) is 0.529. The predicted octanol–water partition coefficient (Wildman–Crippen LogP) is 1.66. The van der Waals surface area contributed by atoms with Crippen LogP contribution in [-0.4, -0.2) is 68.5 Å². The van der Waals surface area contributed by atoms with E-state index in [0.717, 1.165) is 32.4 Å². The number of piperazine rings is 1. The van der Waals surface area contributed by atoms with Crippen molar-refractivity contribution in [3.8, 4) is 0 Å². The van der Waals surface area contributed by atoms with E-state index < -0.39 is 0 Å². The normalized spacial score (nSPS) is 25.5. The van der Waals surface area contributed by atoms with Crippen molar-refractivity contribution in [2.24, 2.45) is 0 Å². The van der Waals surface area contributed by atoms with Gasteiger partial charge in [-0.05, 0) is 31.4 Å². The molecule has 24 heavy (non-hydrogen) atoms. The number of imidazole rings is 1. The van der Waals surface area contributed by atoms with Gasteiger partial charge in [0.25, 0.3) is 5.91 Å². The van der Waals surface area contributed by atoms with E-state index in [0.29, 0.717) is 24.4 Å². The number of aliphatic hydroxyl groups excluding tert-OH is 1. The Morgan fingerprint density at radius 1 is 1.21 bits per heavy atom. The molecule has 0 unspecified atom stereocenters. The van der Waals surface area contributed by atoms with E-state index in [-0.39, 0.29) is 23.2 Å². The van der Waals surface area contributed by atoms with Gasteiger partial charge in [0.15, 0.2) is 10.8 Å². The molecule has 1 aliphatic carbocycles. The van der Waals surface area contributed by atoms with Crippen molar-refractivity contribution in [3.05, 3.63) is 35.2 Å². The summed E-state index contributed by atoms with van der Waals surface area (Å²) in [6, 6.07) is 5.82. The molecule has 3 heterocycles. The van der Waals surface area contributed by atoms with E-state index in [1.54, 1.807) is 4.40 Å². The second kappa shape index (κ2) is 6.35. The number of aliphatic hydroxyl groups is 1. The number of hydrogen-bond acceptors (Lipinski definition) is 4.